The molecule has 0 amide bonds. The van der Waals surface area contributed by atoms with Crippen LogP contribution in [0.5, 0.6) is 0 Å². The van der Waals surface area contributed by atoms with Gasteiger partial charge in [-0.2, -0.15) is 11.3 Å². The largest absolute Gasteiger partial charge is 0.379 e. The Morgan fingerprint density at radius 1 is 1.67 bits per heavy atom. The maximum atomic E-state index is 6.18. The van der Waals surface area contributed by atoms with Gasteiger partial charge in [0.15, 0.2) is 0 Å². The molecule has 2 atom stereocenters. The van der Waals surface area contributed by atoms with Crippen LogP contribution in [0.2, 0.25) is 0 Å². The first-order valence-corrected chi connectivity index (χ1v) is 7.20. The number of rotatable bonds is 5. The van der Waals surface area contributed by atoms with Gasteiger partial charge < -0.3 is 10.5 Å². The Morgan fingerprint density at radius 3 is 2.93 bits per heavy atom. The number of ether oxygens (including phenoxy) is 1. The van der Waals surface area contributed by atoms with Crippen LogP contribution >= 0.6 is 23.1 Å². The van der Waals surface area contributed by atoms with E-state index in [4.69, 9.17) is 10.5 Å². The summed E-state index contributed by atoms with van der Waals surface area (Å²) in [6, 6.07) is 2.45. The summed E-state index contributed by atoms with van der Waals surface area (Å²) in [4.78, 5) is 0. The van der Waals surface area contributed by atoms with Crippen molar-refractivity contribution in [1.82, 2.24) is 0 Å². The van der Waals surface area contributed by atoms with E-state index in [1.165, 1.54) is 5.56 Å². The van der Waals surface area contributed by atoms with Gasteiger partial charge in [0.05, 0.1) is 18.5 Å². The van der Waals surface area contributed by atoms with Gasteiger partial charge in [-0.15, -0.1) is 11.8 Å². The third-order valence-corrected chi connectivity index (χ3v) is 4.95. The van der Waals surface area contributed by atoms with Crippen molar-refractivity contribution in [3.05, 3.63) is 22.4 Å². The third kappa shape index (κ3) is 2.75. The second kappa shape index (κ2) is 5.34. The van der Waals surface area contributed by atoms with Crippen LogP contribution in [0.25, 0.3) is 0 Å². The van der Waals surface area contributed by atoms with Gasteiger partial charge in [0.1, 0.15) is 0 Å². The Labute approximate surface area is 99.2 Å². The van der Waals surface area contributed by atoms with Gasteiger partial charge >= 0.3 is 0 Å². The summed E-state index contributed by atoms with van der Waals surface area (Å²) in [5, 5.41) is 5.43. The van der Waals surface area contributed by atoms with Crippen molar-refractivity contribution in [3.8, 4) is 0 Å². The van der Waals surface area contributed by atoms with Crippen LogP contribution in [0, 0.1) is 0 Å². The minimum atomic E-state index is 0.255. The van der Waals surface area contributed by atoms with E-state index < -0.39 is 0 Å². The standard InChI is InChI=1S/C11H17NOS2/c1-2-10(12)11(8-3-4-14-7-8)15-9-5-13-6-9/h3-4,7,9-11H,2,5-6,12H2,1H3. The van der Waals surface area contributed by atoms with Gasteiger partial charge in [0.2, 0.25) is 0 Å². The molecule has 2 rings (SSSR count). The minimum Gasteiger partial charge on any atom is -0.379 e. The molecule has 1 saturated heterocycles. The number of thioether (sulfide) groups is 1. The number of hydrogen-bond donors (Lipinski definition) is 1. The molecule has 2 nitrogen and oxygen atoms in total. The Hall–Kier alpha value is -0.0300. The van der Waals surface area contributed by atoms with Gasteiger partial charge in [-0.3, -0.25) is 0 Å². The smallest absolute Gasteiger partial charge is 0.0608 e. The molecule has 0 bridgehead atoms. The highest BCUT2D eigenvalue weighted by atomic mass is 32.2. The van der Waals surface area contributed by atoms with Crippen LogP contribution in [0.15, 0.2) is 16.8 Å². The Kier molecular flexibility index (Phi) is 4.08. The van der Waals surface area contributed by atoms with Crippen molar-refractivity contribution in [3.63, 3.8) is 0 Å². The van der Waals surface area contributed by atoms with Crippen LogP contribution in [0.1, 0.15) is 24.2 Å². The second-order valence-corrected chi connectivity index (χ2v) is 6.07. The average molecular weight is 243 g/mol. The number of nitrogens with two attached hydrogens (primary N) is 1. The van der Waals surface area contributed by atoms with E-state index in [2.05, 4.69) is 23.8 Å². The molecule has 4 heteroatoms. The van der Waals surface area contributed by atoms with E-state index in [1.54, 1.807) is 11.3 Å². The lowest BCUT2D eigenvalue weighted by molar-refractivity contribution is 0.0452. The van der Waals surface area contributed by atoms with Crippen molar-refractivity contribution >= 4 is 23.1 Å². The molecule has 84 valence electrons. The maximum Gasteiger partial charge on any atom is 0.0608 e. The average Bonchev–Trinajstić information content (AvgIpc) is 2.68. The number of hydrogen-bond acceptors (Lipinski definition) is 4. The molecule has 1 fully saturated rings. The molecule has 2 heterocycles. The quantitative estimate of drug-likeness (QED) is 0.863. The van der Waals surface area contributed by atoms with Crippen LogP contribution in [0.3, 0.4) is 0 Å². The molecule has 2 unspecified atom stereocenters. The molecule has 1 aromatic rings. The molecule has 0 radical (unpaired) electrons. The first-order valence-electron chi connectivity index (χ1n) is 5.32. The molecule has 0 spiro atoms. The van der Waals surface area contributed by atoms with E-state index in [-0.39, 0.29) is 6.04 Å². The maximum absolute atomic E-state index is 6.18. The minimum absolute atomic E-state index is 0.255. The Balaban J connectivity index is 2.01. The molecule has 0 saturated carbocycles. The molecule has 0 aromatic carbocycles. The van der Waals surface area contributed by atoms with Crippen LogP contribution in [0.4, 0.5) is 0 Å². The fourth-order valence-electron chi connectivity index (χ4n) is 1.58. The van der Waals surface area contributed by atoms with Gasteiger partial charge in [-0.25, -0.2) is 0 Å². The lowest BCUT2D eigenvalue weighted by atomic mass is 10.1. The summed E-state index contributed by atoms with van der Waals surface area (Å²) < 4.78 is 5.21. The van der Waals surface area contributed by atoms with E-state index in [0.29, 0.717) is 10.5 Å². The van der Waals surface area contributed by atoms with Gasteiger partial charge in [0, 0.05) is 11.3 Å². The van der Waals surface area contributed by atoms with Gasteiger partial charge in [-0.1, -0.05) is 6.92 Å². The highest BCUT2D eigenvalue weighted by Crippen LogP contribution is 2.38. The Bertz CT molecular complexity index is 285. The highest BCUT2D eigenvalue weighted by molar-refractivity contribution is 8.00. The molecule has 15 heavy (non-hydrogen) atoms. The first-order chi connectivity index (χ1) is 7.31. The molecular weight excluding hydrogens is 226 g/mol. The Morgan fingerprint density at radius 2 is 2.47 bits per heavy atom. The molecule has 1 aliphatic rings. The van der Waals surface area contributed by atoms with Gasteiger partial charge in [0.25, 0.3) is 0 Å². The molecule has 1 aromatic heterocycles. The van der Waals surface area contributed by atoms with Crippen LogP contribution in [-0.4, -0.2) is 24.5 Å². The zero-order chi connectivity index (χ0) is 10.7. The summed E-state index contributed by atoms with van der Waals surface area (Å²) in [7, 11) is 0. The van der Waals surface area contributed by atoms with Crippen molar-refractivity contribution in [1.29, 1.82) is 0 Å². The normalized spacial score (nSPS) is 20.9. The zero-order valence-corrected chi connectivity index (χ0v) is 10.5. The number of thiophene rings is 1. The lowest BCUT2D eigenvalue weighted by Crippen LogP contribution is -2.34. The third-order valence-electron chi connectivity index (χ3n) is 2.68. The summed E-state index contributed by atoms with van der Waals surface area (Å²) in [5.74, 6) is 0. The van der Waals surface area contributed by atoms with Crippen LogP contribution in [-0.2, 0) is 4.74 Å². The SMILES string of the molecule is CCC(N)C(SC1COC1)c1ccsc1. The highest BCUT2D eigenvalue weighted by Gasteiger charge is 2.27. The summed E-state index contributed by atoms with van der Waals surface area (Å²) in [5.41, 5.74) is 7.56. The predicted octanol–water partition coefficient (Wildman–Crippen LogP) is 2.66. The molecule has 0 aliphatic carbocycles. The van der Waals surface area contributed by atoms with Crippen molar-refractivity contribution in [2.75, 3.05) is 13.2 Å². The van der Waals surface area contributed by atoms with E-state index in [1.807, 2.05) is 11.8 Å². The molecular formula is C11H17NOS2. The monoisotopic (exact) mass is 243 g/mol. The van der Waals surface area contributed by atoms with E-state index in [9.17, 15) is 0 Å². The van der Waals surface area contributed by atoms with E-state index >= 15 is 0 Å². The van der Waals surface area contributed by atoms with Gasteiger partial charge in [-0.05, 0) is 28.8 Å². The predicted molar refractivity (Wildman–Crippen MR) is 67.5 cm³/mol. The summed E-state index contributed by atoms with van der Waals surface area (Å²) in [6.07, 6.45) is 1.03. The molecule has 1 aliphatic heterocycles. The lowest BCUT2D eigenvalue weighted by Gasteiger charge is -2.31. The fraction of sp³-hybridized carbons (Fsp3) is 0.636. The van der Waals surface area contributed by atoms with Crippen LogP contribution < -0.4 is 5.73 Å². The fourth-order valence-corrected chi connectivity index (χ4v) is 3.82. The summed E-state index contributed by atoms with van der Waals surface area (Å²) >= 11 is 3.73. The van der Waals surface area contributed by atoms with Crippen molar-refractivity contribution in [2.24, 2.45) is 5.73 Å². The first kappa shape index (κ1) is 11.5. The summed E-state index contributed by atoms with van der Waals surface area (Å²) in [6.45, 7) is 3.94. The zero-order valence-electron chi connectivity index (χ0n) is 8.89. The second-order valence-electron chi connectivity index (χ2n) is 3.84. The van der Waals surface area contributed by atoms with Crippen molar-refractivity contribution < 1.29 is 4.74 Å². The topological polar surface area (TPSA) is 35.2 Å². The van der Waals surface area contributed by atoms with E-state index in [0.717, 1.165) is 19.6 Å². The van der Waals surface area contributed by atoms with Crippen molar-refractivity contribution in [2.45, 2.75) is 29.9 Å². The molecule has 2 N–H and O–H groups in total.